The van der Waals surface area contributed by atoms with Gasteiger partial charge in [0.2, 0.25) is 0 Å². The van der Waals surface area contributed by atoms with Gasteiger partial charge in [0.15, 0.2) is 0 Å². The van der Waals surface area contributed by atoms with Crippen molar-refractivity contribution in [2.24, 2.45) is 0 Å². The molecule has 0 saturated heterocycles. The van der Waals surface area contributed by atoms with E-state index in [2.05, 4.69) is 23.8 Å². The first-order valence-electron chi connectivity index (χ1n) is 20.8. The van der Waals surface area contributed by atoms with Gasteiger partial charge in [-0.05, 0) is 63.8 Å². The van der Waals surface area contributed by atoms with Gasteiger partial charge in [-0.15, -0.1) is 0 Å². The fraction of sp³-hybridized carbons (Fsp3) is 0.727. The minimum atomic E-state index is -0.359. The van der Waals surface area contributed by atoms with Crippen LogP contribution in [-0.4, -0.2) is 34.1 Å². The molecule has 2 rings (SSSR count). The summed E-state index contributed by atoms with van der Waals surface area (Å²) in [6.07, 6.45) is 36.1. The lowest BCUT2D eigenvalue weighted by Gasteiger charge is -2.14. The van der Waals surface area contributed by atoms with Crippen LogP contribution < -0.4 is 0 Å². The van der Waals surface area contributed by atoms with E-state index in [4.69, 9.17) is 9.47 Å². The fourth-order valence-electron chi connectivity index (χ4n) is 6.56. The van der Waals surface area contributed by atoms with E-state index in [1.165, 1.54) is 141 Å². The second-order valence-corrected chi connectivity index (χ2v) is 14.6. The molecular weight excluding hydrogens is 620 g/mol. The highest BCUT2D eigenvalue weighted by molar-refractivity contribution is 5.92. The quantitative estimate of drug-likeness (QED) is 0.0578. The molecule has 0 bridgehead atoms. The number of hydrogen-bond donors (Lipinski definition) is 0. The smallest absolute Gasteiger partial charge is 0.338 e. The summed E-state index contributed by atoms with van der Waals surface area (Å²) < 4.78 is 11.5. The summed E-state index contributed by atoms with van der Waals surface area (Å²) in [4.78, 5) is 34.7. The van der Waals surface area contributed by atoms with Crippen LogP contribution in [0.1, 0.15) is 215 Å². The fourth-order valence-corrected chi connectivity index (χ4v) is 6.56. The molecule has 0 spiro atoms. The van der Waals surface area contributed by atoms with Crippen LogP contribution in [0.4, 0.5) is 0 Å². The van der Waals surface area contributed by atoms with Crippen molar-refractivity contribution in [1.82, 2.24) is 9.97 Å². The topological polar surface area (TPSA) is 78.4 Å². The molecule has 0 aromatic carbocycles. The summed E-state index contributed by atoms with van der Waals surface area (Å²) >= 11 is 0. The number of esters is 2. The molecule has 2 aromatic heterocycles. The Morgan fingerprint density at radius 2 is 0.760 bits per heavy atom. The number of ether oxygens (including phenoxy) is 2. The molecule has 282 valence electrons. The van der Waals surface area contributed by atoms with Gasteiger partial charge in [0.05, 0.1) is 34.7 Å². The average Bonchev–Trinajstić information content (AvgIpc) is 3.12. The Morgan fingerprint density at radius 1 is 0.480 bits per heavy atom. The molecule has 6 heteroatoms. The van der Waals surface area contributed by atoms with E-state index in [0.717, 1.165) is 25.7 Å². The predicted octanol–water partition coefficient (Wildman–Crippen LogP) is 13.4. The maximum absolute atomic E-state index is 12.9. The third-order valence-electron chi connectivity index (χ3n) is 9.80. The van der Waals surface area contributed by atoms with Crippen molar-refractivity contribution in [3.8, 4) is 11.4 Å². The van der Waals surface area contributed by atoms with E-state index in [9.17, 15) is 9.59 Å². The molecule has 6 nitrogen and oxygen atoms in total. The van der Waals surface area contributed by atoms with Crippen molar-refractivity contribution in [3.63, 3.8) is 0 Å². The molecule has 0 aliphatic heterocycles. The lowest BCUT2D eigenvalue weighted by molar-refractivity contribution is 0.0309. The maximum atomic E-state index is 12.9. The van der Waals surface area contributed by atoms with E-state index in [0.29, 0.717) is 22.5 Å². The lowest BCUT2D eigenvalue weighted by atomic mass is 10.0. The van der Waals surface area contributed by atoms with Gasteiger partial charge in [0.25, 0.3) is 0 Å². The maximum Gasteiger partial charge on any atom is 0.338 e. The van der Waals surface area contributed by atoms with Gasteiger partial charge >= 0.3 is 11.9 Å². The van der Waals surface area contributed by atoms with Crippen LogP contribution in [0, 0.1) is 0 Å². The molecule has 0 radical (unpaired) electrons. The van der Waals surface area contributed by atoms with Crippen molar-refractivity contribution in [2.45, 2.75) is 207 Å². The molecule has 2 aromatic rings. The standard InChI is InChI=1S/C44H72N2O4/c1-5-7-9-11-13-15-17-19-21-23-25-27-29-37(3)49-43(47)39-31-33-45-41(35-39)42-36-40(32-34-46-42)44(48)50-38(4)30-28-26-24-22-20-18-16-14-12-10-8-6-2/h31-38H,5-30H2,1-4H3. The summed E-state index contributed by atoms with van der Waals surface area (Å²) in [6, 6.07) is 6.70. The molecule has 0 amide bonds. The van der Waals surface area contributed by atoms with E-state index in [-0.39, 0.29) is 24.1 Å². The Hall–Kier alpha value is -2.76. The van der Waals surface area contributed by atoms with Crippen LogP contribution in [0.15, 0.2) is 36.7 Å². The number of nitrogens with zero attached hydrogens (tertiary/aromatic N) is 2. The summed E-state index contributed by atoms with van der Waals surface area (Å²) in [5.74, 6) is -0.718. The number of unbranched alkanes of at least 4 members (excludes halogenated alkanes) is 22. The molecule has 0 saturated carbocycles. The Bertz CT molecular complexity index is 1060. The van der Waals surface area contributed by atoms with Crippen molar-refractivity contribution in [2.75, 3.05) is 0 Å². The van der Waals surface area contributed by atoms with Crippen molar-refractivity contribution >= 4 is 11.9 Å². The number of aromatic nitrogens is 2. The molecule has 0 N–H and O–H groups in total. The van der Waals surface area contributed by atoms with Gasteiger partial charge in [-0.2, -0.15) is 0 Å². The summed E-state index contributed by atoms with van der Waals surface area (Å²) in [5, 5.41) is 0. The molecule has 2 atom stereocenters. The molecule has 0 aliphatic rings. The number of carbonyl (C=O) groups is 2. The third kappa shape index (κ3) is 20.8. The lowest BCUT2D eigenvalue weighted by Crippen LogP contribution is -2.15. The minimum absolute atomic E-state index is 0.143. The highest BCUT2D eigenvalue weighted by Gasteiger charge is 2.16. The monoisotopic (exact) mass is 693 g/mol. The zero-order chi connectivity index (χ0) is 36.1. The first kappa shape index (κ1) is 43.4. The van der Waals surface area contributed by atoms with Crippen molar-refractivity contribution in [1.29, 1.82) is 0 Å². The van der Waals surface area contributed by atoms with E-state index >= 15 is 0 Å². The third-order valence-corrected chi connectivity index (χ3v) is 9.80. The van der Waals surface area contributed by atoms with Gasteiger partial charge in [-0.1, -0.05) is 155 Å². The Kier molecular flexibility index (Phi) is 25.1. The molecule has 0 fully saturated rings. The zero-order valence-corrected chi connectivity index (χ0v) is 32.5. The molecule has 2 unspecified atom stereocenters. The van der Waals surface area contributed by atoms with Crippen LogP contribution in [-0.2, 0) is 9.47 Å². The Morgan fingerprint density at radius 3 is 1.06 bits per heavy atom. The zero-order valence-electron chi connectivity index (χ0n) is 32.5. The second-order valence-electron chi connectivity index (χ2n) is 14.6. The molecule has 50 heavy (non-hydrogen) atoms. The first-order valence-corrected chi connectivity index (χ1v) is 20.8. The Labute approximate surface area is 306 Å². The number of rotatable bonds is 31. The van der Waals surface area contributed by atoms with Gasteiger partial charge < -0.3 is 9.47 Å². The highest BCUT2D eigenvalue weighted by Crippen LogP contribution is 2.20. The number of carbonyl (C=O) groups excluding carboxylic acids is 2. The van der Waals surface area contributed by atoms with Crippen LogP contribution in [0.3, 0.4) is 0 Å². The number of pyridine rings is 2. The highest BCUT2D eigenvalue weighted by atomic mass is 16.5. The summed E-state index contributed by atoms with van der Waals surface area (Å²) in [6.45, 7) is 8.47. The first-order chi connectivity index (χ1) is 24.4. The van der Waals surface area contributed by atoms with Gasteiger partial charge in [-0.25, -0.2) is 9.59 Å². The molecule has 0 aliphatic carbocycles. The van der Waals surface area contributed by atoms with Gasteiger partial charge in [0, 0.05) is 12.4 Å². The van der Waals surface area contributed by atoms with Crippen molar-refractivity contribution in [3.05, 3.63) is 47.8 Å². The van der Waals surface area contributed by atoms with E-state index in [1.54, 1.807) is 36.7 Å². The Balaban J connectivity index is 1.65. The van der Waals surface area contributed by atoms with Crippen LogP contribution >= 0.6 is 0 Å². The predicted molar refractivity (Wildman–Crippen MR) is 209 cm³/mol. The van der Waals surface area contributed by atoms with Crippen molar-refractivity contribution < 1.29 is 19.1 Å². The SMILES string of the molecule is CCCCCCCCCCCCCCC(C)OC(=O)c1ccnc(-c2cc(C(=O)OC(C)CCCCCCCCCCCCCC)ccn2)c1. The normalized spacial score (nSPS) is 12.5. The minimum Gasteiger partial charge on any atom is -0.459 e. The van der Waals surface area contributed by atoms with Gasteiger partial charge in [-0.3, -0.25) is 9.97 Å². The van der Waals surface area contributed by atoms with Crippen LogP contribution in [0.25, 0.3) is 11.4 Å². The second kappa shape index (κ2) is 28.9. The number of hydrogen-bond acceptors (Lipinski definition) is 6. The van der Waals surface area contributed by atoms with E-state index in [1.807, 2.05) is 13.8 Å². The van der Waals surface area contributed by atoms with E-state index < -0.39 is 0 Å². The average molecular weight is 693 g/mol. The molecular formula is C44H72N2O4. The van der Waals surface area contributed by atoms with Gasteiger partial charge in [0.1, 0.15) is 0 Å². The summed E-state index contributed by atoms with van der Waals surface area (Å²) in [7, 11) is 0. The van der Waals surface area contributed by atoms with Crippen LogP contribution in [0.2, 0.25) is 0 Å². The summed E-state index contributed by atoms with van der Waals surface area (Å²) in [5.41, 5.74) is 1.91. The molecule has 2 heterocycles. The van der Waals surface area contributed by atoms with Crippen LogP contribution in [0.5, 0.6) is 0 Å². The largest absolute Gasteiger partial charge is 0.459 e.